The smallest absolute Gasteiger partial charge is 0.284 e. The van der Waals surface area contributed by atoms with Crippen LogP contribution in [0.5, 0.6) is 0 Å². The third kappa shape index (κ3) is 4.69. The minimum Gasteiger partial charge on any atom is -0.350 e. The minimum atomic E-state index is -0.513. The van der Waals surface area contributed by atoms with Crippen LogP contribution in [0.25, 0.3) is 0 Å². The maximum atomic E-state index is 11.7. The van der Waals surface area contributed by atoms with Gasteiger partial charge in [0.2, 0.25) is 5.91 Å². The second-order valence-corrected chi connectivity index (χ2v) is 6.09. The fourth-order valence-corrected chi connectivity index (χ4v) is 3.02. The first-order valence-corrected chi connectivity index (χ1v) is 8.07. The molecule has 0 spiro atoms. The number of nitro benzene ring substituents is 1. The summed E-state index contributed by atoms with van der Waals surface area (Å²) in [6.45, 7) is 0.353. The zero-order valence-electron chi connectivity index (χ0n) is 10.6. The molecule has 2 aromatic rings. The lowest BCUT2D eigenvalue weighted by Crippen LogP contribution is -2.24. The Hall–Kier alpha value is -1.64. The van der Waals surface area contributed by atoms with E-state index in [2.05, 4.69) is 10.3 Å². The number of thiazole rings is 1. The first-order valence-electron chi connectivity index (χ1n) is 5.77. The van der Waals surface area contributed by atoms with Gasteiger partial charge in [-0.3, -0.25) is 14.9 Å². The van der Waals surface area contributed by atoms with E-state index in [0.29, 0.717) is 16.5 Å². The third-order valence-corrected chi connectivity index (χ3v) is 4.36. The molecule has 0 aliphatic rings. The second-order valence-electron chi connectivity index (χ2n) is 3.91. The zero-order valence-corrected chi connectivity index (χ0v) is 13.0. The maximum absolute atomic E-state index is 11.7. The number of carbonyl (C=O) groups is 1. The third-order valence-electron chi connectivity index (χ3n) is 2.43. The summed E-state index contributed by atoms with van der Waals surface area (Å²) in [5.41, 5.74) is 2.38. The van der Waals surface area contributed by atoms with Crippen molar-refractivity contribution in [2.24, 2.45) is 0 Å². The van der Waals surface area contributed by atoms with E-state index in [4.69, 9.17) is 11.6 Å². The molecule has 21 heavy (non-hydrogen) atoms. The van der Waals surface area contributed by atoms with Crippen molar-refractivity contribution in [2.45, 2.75) is 11.4 Å². The standard InChI is InChI=1S/C12H10ClN3O3S2/c13-8-1-2-11(10(3-8)16(18)19)21-6-12(17)14-4-9-5-20-7-15-9/h1-3,5,7H,4,6H2,(H,14,17). The highest BCUT2D eigenvalue weighted by molar-refractivity contribution is 8.00. The van der Waals surface area contributed by atoms with E-state index in [1.165, 1.54) is 17.4 Å². The zero-order chi connectivity index (χ0) is 15.2. The molecular formula is C12H10ClN3O3S2. The van der Waals surface area contributed by atoms with E-state index in [-0.39, 0.29) is 17.3 Å². The molecule has 2 rings (SSSR count). The lowest BCUT2D eigenvalue weighted by atomic mass is 10.3. The number of halogens is 1. The van der Waals surface area contributed by atoms with Crippen LogP contribution in [-0.2, 0) is 11.3 Å². The highest BCUT2D eigenvalue weighted by atomic mass is 35.5. The largest absolute Gasteiger partial charge is 0.350 e. The summed E-state index contributed by atoms with van der Waals surface area (Å²) in [6, 6.07) is 4.37. The molecule has 0 saturated carbocycles. The van der Waals surface area contributed by atoms with Crippen LogP contribution in [0.1, 0.15) is 5.69 Å². The molecule has 0 saturated heterocycles. The Kier molecular flexibility index (Phi) is 5.54. The predicted molar refractivity (Wildman–Crippen MR) is 82.8 cm³/mol. The number of hydrogen-bond donors (Lipinski definition) is 1. The second kappa shape index (κ2) is 7.39. The Morgan fingerprint density at radius 2 is 2.33 bits per heavy atom. The Morgan fingerprint density at radius 3 is 3.00 bits per heavy atom. The molecule has 0 aliphatic carbocycles. The van der Waals surface area contributed by atoms with Crippen LogP contribution in [0.4, 0.5) is 5.69 Å². The number of thioether (sulfide) groups is 1. The fourth-order valence-electron chi connectivity index (χ4n) is 1.46. The molecule has 0 unspecified atom stereocenters. The normalized spacial score (nSPS) is 10.3. The van der Waals surface area contributed by atoms with Crippen molar-refractivity contribution < 1.29 is 9.72 Å². The van der Waals surface area contributed by atoms with Gasteiger partial charge in [-0.05, 0) is 12.1 Å². The van der Waals surface area contributed by atoms with Crippen LogP contribution < -0.4 is 5.32 Å². The van der Waals surface area contributed by atoms with Crippen LogP contribution in [0.15, 0.2) is 34.0 Å². The highest BCUT2D eigenvalue weighted by Crippen LogP contribution is 2.31. The van der Waals surface area contributed by atoms with Crippen molar-refractivity contribution in [1.29, 1.82) is 0 Å². The molecule has 1 N–H and O–H groups in total. The number of nitrogens with one attached hydrogen (secondary N) is 1. The topological polar surface area (TPSA) is 85.1 Å². The highest BCUT2D eigenvalue weighted by Gasteiger charge is 2.16. The van der Waals surface area contributed by atoms with Gasteiger partial charge in [-0.2, -0.15) is 0 Å². The van der Waals surface area contributed by atoms with Gasteiger partial charge in [-0.1, -0.05) is 11.6 Å². The number of nitro groups is 1. The molecule has 0 atom stereocenters. The van der Waals surface area contributed by atoms with Crippen LogP contribution in [0.3, 0.4) is 0 Å². The lowest BCUT2D eigenvalue weighted by molar-refractivity contribution is -0.387. The van der Waals surface area contributed by atoms with Crippen LogP contribution in [-0.4, -0.2) is 21.6 Å². The monoisotopic (exact) mass is 343 g/mol. The van der Waals surface area contributed by atoms with E-state index >= 15 is 0 Å². The Labute approximate surface area is 133 Å². The van der Waals surface area contributed by atoms with Gasteiger partial charge in [0, 0.05) is 16.5 Å². The molecule has 1 aromatic carbocycles. The molecule has 6 nitrogen and oxygen atoms in total. The van der Waals surface area contributed by atoms with Gasteiger partial charge >= 0.3 is 0 Å². The van der Waals surface area contributed by atoms with Gasteiger partial charge in [0.15, 0.2) is 0 Å². The SMILES string of the molecule is O=C(CSc1ccc(Cl)cc1[N+](=O)[O-])NCc1cscn1. The first-order chi connectivity index (χ1) is 10.1. The molecule has 9 heteroatoms. The van der Waals surface area contributed by atoms with Gasteiger partial charge < -0.3 is 5.32 Å². The average Bonchev–Trinajstić information content (AvgIpc) is 2.97. The van der Waals surface area contributed by atoms with Crippen molar-refractivity contribution in [1.82, 2.24) is 10.3 Å². The molecule has 0 bridgehead atoms. The summed E-state index contributed by atoms with van der Waals surface area (Å²) in [5.74, 6) is -0.121. The van der Waals surface area contributed by atoms with Crippen LogP contribution in [0, 0.1) is 10.1 Å². The van der Waals surface area contributed by atoms with E-state index in [9.17, 15) is 14.9 Å². The number of benzene rings is 1. The van der Waals surface area contributed by atoms with Crippen molar-refractivity contribution in [3.63, 3.8) is 0 Å². The number of carbonyl (C=O) groups excluding carboxylic acids is 1. The predicted octanol–water partition coefficient (Wildman–Crippen LogP) is 3.11. The Morgan fingerprint density at radius 1 is 1.52 bits per heavy atom. The van der Waals surface area contributed by atoms with Gasteiger partial charge in [0.05, 0.1) is 33.3 Å². The van der Waals surface area contributed by atoms with Crippen molar-refractivity contribution >= 4 is 46.3 Å². The summed E-state index contributed by atoms with van der Waals surface area (Å²) < 4.78 is 0. The molecule has 1 heterocycles. The number of amides is 1. The summed E-state index contributed by atoms with van der Waals surface area (Å²) in [5, 5.41) is 15.8. The molecule has 1 amide bonds. The van der Waals surface area contributed by atoms with Crippen molar-refractivity contribution in [2.75, 3.05) is 5.75 Å². The number of nitrogens with zero attached hydrogens (tertiary/aromatic N) is 2. The maximum Gasteiger partial charge on any atom is 0.284 e. The summed E-state index contributed by atoms with van der Waals surface area (Å²) in [7, 11) is 0. The summed E-state index contributed by atoms with van der Waals surface area (Å²) in [4.78, 5) is 26.6. The molecule has 0 fully saturated rings. The first kappa shape index (κ1) is 15.7. The van der Waals surface area contributed by atoms with E-state index < -0.39 is 4.92 Å². The van der Waals surface area contributed by atoms with Crippen molar-refractivity contribution in [3.05, 3.63) is 49.9 Å². The molecule has 0 radical (unpaired) electrons. The summed E-state index contributed by atoms with van der Waals surface area (Å²) in [6.07, 6.45) is 0. The molecule has 1 aromatic heterocycles. The lowest BCUT2D eigenvalue weighted by Gasteiger charge is -2.04. The fraction of sp³-hybridized carbons (Fsp3) is 0.167. The number of rotatable bonds is 6. The number of hydrogen-bond acceptors (Lipinski definition) is 6. The molecule has 110 valence electrons. The van der Waals surface area contributed by atoms with Gasteiger partial charge in [-0.25, -0.2) is 4.98 Å². The van der Waals surface area contributed by atoms with Gasteiger partial charge in [0.25, 0.3) is 5.69 Å². The number of aromatic nitrogens is 1. The van der Waals surface area contributed by atoms with E-state index in [1.54, 1.807) is 17.6 Å². The Balaban J connectivity index is 1.90. The van der Waals surface area contributed by atoms with Gasteiger partial charge in [0.1, 0.15) is 0 Å². The van der Waals surface area contributed by atoms with Crippen molar-refractivity contribution in [3.8, 4) is 0 Å². The van der Waals surface area contributed by atoms with E-state index in [1.807, 2.05) is 5.38 Å². The molecule has 0 aliphatic heterocycles. The summed E-state index contributed by atoms with van der Waals surface area (Å²) >= 11 is 8.28. The van der Waals surface area contributed by atoms with Crippen LogP contribution >= 0.6 is 34.7 Å². The quantitative estimate of drug-likeness (QED) is 0.495. The van der Waals surface area contributed by atoms with E-state index in [0.717, 1.165) is 17.5 Å². The molecular weight excluding hydrogens is 334 g/mol. The van der Waals surface area contributed by atoms with Crippen LogP contribution in [0.2, 0.25) is 5.02 Å². The Bertz CT molecular complexity index is 649. The minimum absolute atomic E-state index is 0.0899. The van der Waals surface area contributed by atoms with Gasteiger partial charge in [-0.15, -0.1) is 23.1 Å². The average molecular weight is 344 g/mol.